The van der Waals surface area contributed by atoms with Crippen molar-refractivity contribution in [1.82, 2.24) is 19.9 Å². The molecule has 0 bridgehead atoms. The molecular weight excluding hydrogens is 576 g/mol. The van der Waals surface area contributed by atoms with E-state index in [0.717, 1.165) is 38.6 Å². The SMILES string of the molecule is c1ccc(-c2nc(-c3ccccc3)nc(-c3nccc4oc5cc(-c6ccc7c8c(cccc68)-c6ccccc6-7)ccc5c34)n2)cc1. The number of pyridine rings is 1. The molecule has 10 rings (SSSR count). The maximum atomic E-state index is 6.52. The van der Waals surface area contributed by atoms with Crippen molar-refractivity contribution >= 4 is 32.7 Å². The van der Waals surface area contributed by atoms with E-state index in [-0.39, 0.29) is 0 Å². The van der Waals surface area contributed by atoms with Crippen LogP contribution in [-0.2, 0) is 0 Å². The fourth-order valence-corrected chi connectivity index (χ4v) is 7.03. The van der Waals surface area contributed by atoms with E-state index in [4.69, 9.17) is 24.4 Å². The van der Waals surface area contributed by atoms with Crippen LogP contribution in [0, 0.1) is 0 Å². The zero-order valence-corrected chi connectivity index (χ0v) is 25.1. The molecule has 5 heteroatoms. The van der Waals surface area contributed by atoms with Gasteiger partial charge in [-0.3, -0.25) is 4.98 Å². The summed E-state index contributed by atoms with van der Waals surface area (Å²) in [6.07, 6.45) is 1.76. The summed E-state index contributed by atoms with van der Waals surface area (Å²) in [5.41, 5.74) is 11.5. The van der Waals surface area contributed by atoms with Crippen LogP contribution >= 0.6 is 0 Å². The molecular formula is C42H24N4O. The van der Waals surface area contributed by atoms with Gasteiger partial charge in [0, 0.05) is 22.7 Å². The van der Waals surface area contributed by atoms with Crippen molar-refractivity contribution in [3.05, 3.63) is 146 Å². The quantitative estimate of drug-likeness (QED) is 0.201. The normalized spacial score (nSPS) is 11.8. The standard InChI is InChI=1S/C42H24N4O/c1-3-10-25(11-4-1)40-44-41(26-12-5-2-6-13-26)46-42(45-40)39-38-34-19-18-27(24-36(34)47-35(38)22-23-43-39)28-20-21-33-30-15-8-7-14-29(30)32-17-9-16-31(28)37(32)33/h1-24H. The molecule has 0 spiro atoms. The molecule has 0 radical (unpaired) electrons. The third-order valence-corrected chi connectivity index (χ3v) is 9.15. The molecule has 6 aromatic carbocycles. The molecule has 47 heavy (non-hydrogen) atoms. The fourth-order valence-electron chi connectivity index (χ4n) is 7.03. The van der Waals surface area contributed by atoms with Gasteiger partial charge in [-0.05, 0) is 62.4 Å². The zero-order valence-electron chi connectivity index (χ0n) is 25.1. The highest BCUT2D eigenvalue weighted by Crippen LogP contribution is 2.49. The van der Waals surface area contributed by atoms with Crippen LogP contribution in [0.25, 0.3) is 100 Å². The molecule has 5 nitrogen and oxygen atoms in total. The Morgan fingerprint density at radius 3 is 1.72 bits per heavy atom. The first-order chi connectivity index (χ1) is 23.3. The fraction of sp³-hybridized carbons (Fsp3) is 0. The number of benzene rings is 6. The minimum atomic E-state index is 0.502. The largest absolute Gasteiger partial charge is 0.456 e. The van der Waals surface area contributed by atoms with Gasteiger partial charge >= 0.3 is 0 Å². The number of aromatic nitrogens is 4. The molecule has 3 heterocycles. The number of furan rings is 1. The van der Waals surface area contributed by atoms with E-state index in [2.05, 4.69) is 72.8 Å². The van der Waals surface area contributed by atoms with Gasteiger partial charge < -0.3 is 4.42 Å². The number of nitrogens with zero attached hydrogens (tertiary/aromatic N) is 4. The highest BCUT2D eigenvalue weighted by atomic mass is 16.3. The summed E-state index contributed by atoms with van der Waals surface area (Å²) in [5, 5.41) is 4.39. The molecule has 218 valence electrons. The van der Waals surface area contributed by atoms with E-state index >= 15 is 0 Å². The third-order valence-electron chi connectivity index (χ3n) is 9.15. The molecule has 0 unspecified atom stereocenters. The lowest BCUT2D eigenvalue weighted by Crippen LogP contribution is -2.01. The van der Waals surface area contributed by atoms with Gasteiger partial charge in [-0.25, -0.2) is 15.0 Å². The molecule has 0 aliphatic heterocycles. The van der Waals surface area contributed by atoms with Crippen molar-refractivity contribution in [1.29, 1.82) is 0 Å². The average molecular weight is 601 g/mol. The van der Waals surface area contributed by atoms with Crippen LogP contribution in [0.1, 0.15) is 0 Å². The summed E-state index contributed by atoms with van der Waals surface area (Å²) in [6.45, 7) is 0. The molecule has 0 saturated heterocycles. The number of fused-ring (bicyclic) bond motifs is 6. The summed E-state index contributed by atoms with van der Waals surface area (Å²) in [6, 6.07) is 48.1. The summed E-state index contributed by atoms with van der Waals surface area (Å²) in [5.74, 6) is 1.69. The highest BCUT2D eigenvalue weighted by Gasteiger charge is 2.23. The second-order valence-corrected chi connectivity index (χ2v) is 11.8. The van der Waals surface area contributed by atoms with E-state index < -0.39 is 0 Å². The first-order valence-corrected chi connectivity index (χ1v) is 15.6. The summed E-state index contributed by atoms with van der Waals surface area (Å²) < 4.78 is 6.52. The monoisotopic (exact) mass is 600 g/mol. The Bertz CT molecular complexity index is 2590. The maximum absolute atomic E-state index is 6.52. The van der Waals surface area contributed by atoms with Crippen LogP contribution < -0.4 is 0 Å². The lowest BCUT2D eigenvalue weighted by molar-refractivity contribution is 0.668. The second-order valence-electron chi connectivity index (χ2n) is 11.8. The van der Waals surface area contributed by atoms with Crippen LogP contribution in [0.3, 0.4) is 0 Å². The van der Waals surface area contributed by atoms with Crippen molar-refractivity contribution < 1.29 is 4.42 Å². The van der Waals surface area contributed by atoms with Crippen molar-refractivity contribution in [2.45, 2.75) is 0 Å². The van der Waals surface area contributed by atoms with Crippen molar-refractivity contribution in [2.24, 2.45) is 0 Å². The van der Waals surface area contributed by atoms with Gasteiger partial charge in [0.1, 0.15) is 16.9 Å². The smallest absolute Gasteiger partial charge is 0.183 e. The molecule has 0 atom stereocenters. The average Bonchev–Trinajstić information content (AvgIpc) is 3.69. The van der Waals surface area contributed by atoms with Crippen LogP contribution in [0.5, 0.6) is 0 Å². The molecule has 0 fully saturated rings. The van der Waals surface area contributed by atoms with Crippen LogP contribution in [-0.4, -0.2) is 19.9 Å². The molecule has 9 aromatic rings. The highest BCUT2D eigenvalue weighted by molar-refractivity contribution is 6.19. The molecule has 3 aromatic heterocycles. The van der Waals surface area contributed by atoms with Gasteiger partial charge in [0.15, 0.2) is 17.5 Å². The number of rotatable bonds is 4. The molecule has 0 amide bonds. The molecule has 1 aliphatic rings. The van der Waals surface area contributed by atoms with E-state index in [1.165, 1.54) is 38.6 Å². The van der Waals surface area contributed by atoms with Crippen molar-refractivity contribution in [2.75, 3.05) is 0 Å². The maximum Gasteiger partial charge on any atom is 0.183 e. The van der Waals surface area contributed by atoms with Gasteiger partial charge in [-0.2, -0.15) is 0 Å². The van der Waals surface area contributed by atoms with Gasteiger partial charge in [-0.1, -0.05) is 121 Å². The third kappa shape index (κ3) is 3.97. The Balaban J connectivity index is 1.15. The minimum Gasteiger partial charge on any atom is -0.456 e. The van der Waals surface area contributed by atoms with Crippen LogP contribution in [0.15, 0.2) is 150 Å². The number of hydrogen-bond donors (Lipinski definition) is 0. The van der Waals surface area contributed by atoms with Gasteiger partial charge in [0.05, 0.1) is 5.39 Å². The van der Waals surface area contributed by atoms with Gasteiger partial charge in [-0.15, -0.1) is 0 Å². The Morgan fingerprint density at radius 2 is 1.00 bits per heavy atom. The van der Waals surface area contributed by atoms with Crippen molar-refractivity contribution in [3.63, 3.8) is 0 Å². The van der Waals surface area contributed by atoms with Gasteiger partial charge in [0.2, 0.25) is 0 Å². The Morgan fingerprint density at radius 1 is 0.383 bits per heavy atom. The lowest BCUT2D eigenvalue weighted by atomic mass is 9.94. The molecule has 1 aliphatic carbocycles. The Kier molecular flexibility index (Phi) is 5.51. The zero-order chi connectivity index (χ0) is 30.9. The summed E-state index contributed by atoms with van der Waals surface area (Å²) >= 11 is 0. The Hall–Kier alpha value is -6.46. The lowest BCUT2D eigenvalue weighted by Gasteiger charge is -2.10. The predicted molar refractivity (Wildman–Crippen MR) is 189 cm³/mol. The van der Waals surface area contributed by atoms with E-state index in [1.54, 1.807) is 6.20 Å². The minimum absolute atomic E-state index is 0.502. The Labute approximate surface area is 269 Å². The van der Waals surface area contributed by atoms with Crippen molar-refractivity contribution in [3.8, 4) is 67.7 Å². The van der Waals surface area contributed by atoms with E-state index in [9.17, 15) is 0 Å². The topological polar surface area (TPSA) is 64.7 Å². The first-order valence-electron chi connectivity index (χ1n) is 15.6. The van der Waals surface area contributed by atoms with Crippen LogP contribution in [0.4, 0.5) is 0 Å². The molecule has 0 N–H and O–H groups in total. The second kappa shape index (κ2) is 10.0. The first kappa shape index (κ1) is 25.8. The summed E-state index contributed by atoms with van der Waals surface area (Å²) in [4.78, 5) is 19.6. The molecule has 0 saturated carbocycles. The predicted octanol–water partition coefficient (Wildman–Crippen LogP) is 10.6. The van der Waals surface area contributed by atoms with Crippen LogP contribution in [0.2, 0.25) is 0 Å². The number of hydrogen-bond acceptors (Lipinski definition) is 5. The van der Waals surface area contributed by atoms with E-state index in [0.29, 0.717) is 23.2 Å². The van der Waals surface area contributed by atoms with E-state index in [1.807, 2.05) is 66.7 Å². The van der Waals surface area contributed by atoms with Gasteiger partial charge in [0.25, 0.3) is 0 Å². The summed E-state index contributed by atoms with van der Waals surface area (Å²) in [7, 11) is 0.